The summed E-state index contributed by atoms with van der Waals surface area (Å²) < 4.78 is 2.65. The number of hydrogen-bond acceptors (Lipinski definition) is 2. The van der Waals surface area contributed by atoms with Crippen molar-refractivity contribution >= 4 is 70.1 Å². The molecule has 0 fully saturated rings. The van der Waals surface area contributed by atoms with Gasteiger partial charge in [0.1, 0.15) is 0 Å². The van der Waals surface area contributed by atoms with E-state index in [2.05, 4.69) is 158 Å². The van der Waals surface area contributed by atoms with Crippen molar-refractivity contribution in [1.82, 2.24) is 0 Å². The highest BCUT2D eigenvalue weighted by Gasteiger charge is 2.35. The van der Waals surface area contributed by atoms with Crippen LogP contribution in [-0.2, 0) is 5.41 Å². The van der Waals surface area contributed by atoms with E-state index >= 15 is 0 Å². The van der Waals surface area contributed by atoms with E-state index in [0.717, 1.165) is 5.69 Å². The molecule has 0 unspecified atom stereocenters. The predicted octanol–water partition coefficient (Wildman–Crippen LogP) is 12.1. The van der Waals surface area contributed by atoms with Crippen molar-refractivity contribution in [2.75, 3.05) is 4.90 Å². The van der Waals surface area contributed by atoms with E-state index in [0.29, 0.717) is 0 Å². The molecule has 8 aromatic rings. The van der Waals surface area contributed by atoms with Crippen LogP contribution >= 0.6 is 11.3 Å². The molecule has 9 rings (SSSR count). The third kappa shape index (κ3) is 3.51. The molecule has 1 heterocycles. The van der Waals surface area contributed by atoms with Gasteiger partial charge in [0.2, 0.25) is 0 Å². The van der Waals surface area contributed by atoms with Gasteiger partial charge in [-0.25, -0.2) is 0 Å². The van der Waals surface area contributed by atoms with Crippen molar-refractivity contribution in [3.05, 3.63) is 151 Å². The van der Waals surface area contributed by atoms with Crippen molar-refractivity contribution in [2.24, 2.45) is 0 Å². The van der Waals surface area contributed by atoms with Crippen LogP contribution in [0.5, 0.6) is 0 Å². The van der Waals surface area contributed by atoms with E-state index in [4.69, 9.17) is 0 Å². The zero-order valence-electron chi connectivity index (χ0n) is 24.1. The van der Waals surface area contributed by atoms with Gasteiger partial charge in [-0.2, -0.15) is 0 Å². The fourth-order valence-corrected chi connectivity index (χ4v) is 8.57. The summed E-state index contributed by atoms with van der Waals surface area (Å²) in [7, 11) is 0. The van der Waals surface area contributed by atoms with Crippen LogP contribution in [0.2, 0.25) is 0 Å². The number of fused-ring (bicyclic) bond motifs is 10. The fraction of sp³-hybridized carbons (Fsp3) is 0.0732. The summed E-state index contributed by atoms with van der Waals surface area (Å²) in [5, 5.41) is 7.89. The molecule has 0 radical (unpaired) electrons. The fourth-order valence-electron chi connectivity index (χ4n) is 7.40. The highest BCUT2D eigenvalue weighted by molar-refractivity contribution is 7.26. The van der Waals surface area contributed by atoms with Gasteiger partial charge < -0.3 is 4.90 Å². The summed E-state index contributed by atoms with van der Waals surface area (Å²) in [6, 6.07) is 51.5. The van der Waals surface area contributed by atoms with Crippen molar-refractivity contribution in [2.45, 2.75) is 19.3 Å². The van der Waals surface area contributed by atoms with Gasteiger partial charge in [-0.1, -0.05) is 117 Å². The second-order valence-corrected chi connectivity index (χ2v) is 13.2. The van der Waals surface area contributed by atoms with E-state index < -0.39 is 0 Å². The summed E-state index contributed by atoms with van der Waals surface area (Å²) in [6.45, 7) is 4.72. The third-order valence-corrected chi connectivity index (χ3v) is 10.5. The maximum Gasteiger partial charge on any atom is 0.0554 e. The maximum atomic E-state index is 2.46. The van der Waals surface area contributed by atoms with Crippen LogP contribution in [0, 0.1) is 0 Å². The smallest absolute Gasteiger partial charge is 0.0554 e. The average molecular weight is 568 g/mol. The lowest BCUT2D eigenvalue weighted by atomic mass is 9.82. The Labute approximate surface area is 255 Å². The molecule has 0 saturated heterocycles. The molecule has 0 N–H and O–H groups in total. The van der Waals surface area contributed by atoms with E-state index in [9.17, 15) is 0 Å². The molecule has 204 valence electrons. The Kier molecular flexibility index (Phi) is 5.18. The molecular formula is C41H29NS. The number of benzene rings is 7. The third-order valence-electron chi connectivity index (χ3n) is 9.43. The lowest BCUT2D eigenvalue weighted by molar-refractivity contribution is 0.660. The van der Waals surface area contributed by atoms with Crippen LogP contribution < -0.4 is 4.90 Å². The Bertz CT molecular complexity index is 2380. The number of thiophene rings is 1. The van der Waals surface area contributed by atoms with Gasteiger partial charge in [0.15, 0.2) is 0 Å². The number of para-hydroxylation sites is 1. The minimum atomic E-state index is -0.0666. The molecule has 1 nitrogen and oxygen atoms in total. The zero-order chi connectivity index (χ0) is 28.7. The largest absolute Gasteiger partial charge is 0.310 e. The van der Waals surface area contributed by atoms with Gasteiger partial charge in [-0.15, -0.1) is 11.3 Å². The van der Waals surface area contributed by atoms with Gasteiger partial charge in [-0.3, -0.25) is 0 Å². The first-order valence-electron chi connectivity index (χ1n) is 14.9. The predicted molar refractivity (Wildman–Crippen MR) is 187 cm³/mol. The van der Waals surface area contributed by atoms with Gasteiger partial charge in [0.05, 0.1) is 5.69 Å². The number of nitrogens with zero attached hydrogens (tertiary/aromatic N) is 1. The van der Waals surface area contributed by atoms with E-state index in [1.54, 1.807) is 0 Å². The zero-order valence-corrected chi connectivity index (χ0v) is 25.0. The summed E-state index contributed by atoms with van der Waals surface area (Å²) in [5.41, 5.74) is 8.96. The van der Waals surface area contributed by atoms with Crippen molar-refractivity contribution in [1.29, 1.82) is 0 Å². The topological polar surface area (TPSA) is 3.24 Å². The molecule has 7 aromatic carbocycles. The minimum absolute atomic E-state index is 0.0666. The van der Waals surface area contributed by atoms with Crippen LogP contribution in [0.1, 0.15) is 25.0 Å². The highest BCUT2D eigenvalue weighted by atomic mass is 32.1. The minimum Gasteiger partial charge on any atom is -0.310 e. The second-order valence-electron chi connectivity index (χ2n) is 12.1. The Hall–Kier alpha value is -4.92. The quantitative estimate of drug-likeness (QED) is 0.205. The molecule has 0 bridgehead atoms. The lowest BCUT2D eigenvalue weighted by Crippen LogP contribution is -2.16. The first kappa shape index (κ1) is 24.7. The van der Waals surface area contributed by atoms with Crippen LogP contribution in [0.15, 0.2) is 140 Å². The second kappa shape index (κ2) is 9.04. The molecule has 1 aliphatic carbocycles. The molecule has 0 amide bonds. The summed E-state index contributed by atoms with van der Waals surface area (Å²) >= 11 is 1.90. The SMILES string of the molecule is CC1(C)c2ccccc2-c2ccc(N(c3ccccc3)c3cc4sc5ccc6ccccc6c5c4c4ccccc34)cc21. The monoisotopic (exact) mass is 567 g/mol. The molecule has 1 aliphatic rings. The molecule has 43 heavy (non-hydrogen) atoms. The van der Waals surface area contributed by atoms with Crippen molar-refractivity contribution in [3.8, 4) is 11.1 Å². The maximum absolute atomic E-state index is 2.46. The molecule has 0 saturated carbocycles. The average Bonchev–Trinajstić information content (AvgIpc) is 3.54. The first-order chi connectivity index (χ1) is 21.1. The van der Waals surface area contributed by atoms with Gasteiger partial charge in [0.25, 0.3) is 0 Å². The summed E-state index contributed by atoms with van der Waals surface area (Å²) in [4.78, 5) is 2.46. The molecular weight excluding hydrogens is 539 g/mol. The Morgan fingerprint density at radius 3 is 2.02 bits per heavy atom. The number of anilines is 3. The molecule has 0 aliphatic heterocycles. The standard InChI is InChI=1S/C41H29NS/c1-41(2)34-19-11-10-16-30(34)31-22-21-28(24-35(31)41)42(27-13-4-3-5-14-27)36-25-38-40(33-18-9-8-17-32(33)36)39-29-15-7-6-12-26(29)20-23-37(39)43-38/h3-25H,1-2H3. The molecule has 0 atom stereocenters. The van der Waals surface area contributed by atoms with Gasteiger partial charge in [0, 0.05) is 42.3 Å². The Morgan fingerprint density at radius 1 is 0.488 bits per heavy atom. The summed E-state index contributed by atoms with van der Waals surface area (Å²) in [5.74, 6) is 0. The number of hydrogen-bond donors (Lipinski definition) is 0. The normalized spacial score (nSPS) is 13.5. The molecule has 1 aromatic heterocycles. The van der Waals surface area contributed by atoms with E-state index in [-0.39, 0.29) is 5.41 Å². The van der Waals surface area contributed by atoms with Crippen LogP contribution in [0.25, 0.3) is 52.8 Å². The highest BCUT2D eigenvalue weighted by Crippen LogP contribution is 2.52. The Balaban J connectivity index is 1.35. The van der Waals surface area contributed by atoms with E-state index in [1.807, 2.05) is 11.3 Å². The molecule has 2 heteroatoms. The lowest BCUT2D eigenvalue weighted by Gasteiger charge is -2.29. The van der Waals surface area contributed by atoms with Crippen LogP contribution in [0.4, 0.5) is 17.1 Å². The molecule has 0 spiro atoms. The first-order valence-corrected chi connectivity index (χ1v) is 15.8. The Morgan fingerprint density at radius 2 is 1.16 bits per heavy atom. The van der Waals surface area contributed by atoms with Crippen LogP contribution in [-0.4, -0.2) is 0 Å². The van der Waals surface area contributed by atoms with Crippen LogP contribution in [0.3, 0.4) is 0 Å². The van der Waals surface area contributed by atoms with E-state index in [1.165, 1.54) is 75.3 Å². The summed E-state index contributed by atoms with van der Waals surface area (Å²) in [6.07, 6.45) is 0. The van der Waals surface area contributed by atoms with Crippen molar-refractivity contribution < 1.29 is 0 Å². The number of rotatable bonds is 3. The van der Waals surface area contributed by atoms with Gasteiger partial charge in [-0.05, 0) is 74.8 Å². The van der Waals surface area contributed by atoms with Crippen molar-refractivity contribution in [3.63, 3.8) is 0 Å². The van der Waals surface area contributed by atoms with Gasteiger partial charge >= 0.3 is 0 Å².